The van der Waals surface area contributed by atoms with E-state index in [9.17, 15) is 0 Å². The molecule has 112 valence electrons. The summed E-state index contributed by atoms with van der Waals surface area (Å²) >= 11 is 1.63. The van der Waals surface area contributed by atoms with E-state index in [0.29, 0.717) is 6.04 Å². The van der Waals surface area contributed by atoms with Crippen LogP contribution in [0.2, 0.25) is 0 Å². The van der Waals surface area contributed by atoms with E-state index in [2.05, 4.69) is 51.5 Å². The quantitative estimate of drug-likeness (QED) is 0.941. The van der Waals surface area contributed by atoms with Crippen LogP contribution in [0.5, 0.6) is 0 Å². The third-order valence-corrected chi connectivity index (χ3v) is 4.07. The van der Waals surface area contributed by atoms with Crippen LogP contribution in [0.15, 0.2) is 23.7 Å². The minimum absolute atomic E-state index is 0.394. The molecule has 1 aliphatic rings. The average molecular weight is 304 g/mol. The number of thiazole rings is 1. The van der Waals surface area contributed by atoms with Crippen molar-refractivity contribution >= 4 is 22.3 Å². The predicted octanol–water partition coefficient (Wildman–Crippen LogP) is 2.86. The van der Waals surface area contributed by atoms with E-state index in [1.165, 1.54) is 0 Å². The molecule has 3 rings (SSSR count). The highest BCUT2D eigenvalue weighted by molar-refractivity contribution is 7.14. The highest BCUT2D eigenvalue weighted by atomic mass is 32.1. The zero-order chi connectivity index (χ0) is 14.7. The average Bonchev–Trinajstić information content (AvgIpc) is 2.96. The first-order valence-electron chi connectivity index (χ1n) is 7.23. The molecule has 0 aromatic carbocycles. The Morgan fingerprint density at radius 2 is 2.10 bits per heavy atom. The first-order valence-corrected chi connectivity index (χ1v) is 8.11. The molecule has 0 unspecified atom stereocenters. The van der Waals surface area contributed by atoms with Gasteiger partial charge >= 0.3 is 0 Å². The summed E-state index contributed by atoms with van der Waals surface area (Å²) in [7, 11) is 0. The monoisotopic (exact) mass is 304 g/mol. The molecule has 0 atom stereocenters. The maximum absolute atomic E-state index is 5.36. The molecule has 0 radical (unpaired) electrons. The largest absolute Gasteiger partial charge is 0.378 e. The molecular weight excluding hydrogens is 284 g/mol. The molecule has 2 aromatic rings. The number of rotatable bonds is 4. The van der Waals surface area contributed by atoms with Crippen LogP contribution in [0.1, 0.15) is 13.8 Å². The molecule has 6 heteroatoms. The van der Waals surface area contributed by atoms with Gasteiger partial charge in [-0.3, -0.25) is 0 Å². The second-order valence-corrected chi connectivity index (χ2v) is 6.20. The van der Waals surface area contributed by atoms with Crippen molar-refractivity contribution in [3.8, 4) is 11.3 Å². The van der Waals surface area contributed by atoms with Crippen LogP contribution in [0, 0.1) is 0 Å². The van der Waals surface area contributed by atoms with Crippen LogP contribution in [0.3, 0.4) is 0 Å². The van der Waals surface area contributed by atoms with Gasteiger partial charge in [-0.25, -0.2) is 9.97 Å². The van der Waals surface area contributed by atoms with Gasteiger partial charge in [0, 0.05) is 36.3 Å². The number of hydrogen-bond donors (Lipinski definition) is 1. The Kier molecular flexibility index (Phi) is 4.36. The van der Waals surface area contributed by atoms with E-state index in [1.807, 2.05) is 6.20 Å². The summed E-state index contributed by atoms with van der Waals surface area (Å²) < 4.78 is 5.36. The number of anilines is 2. The number of ether oxygens (including phenoxy) is 1. The van der Waals surface area contributed by atoms with E-state index in [4.69, 9.17) is 4.74 Å². The third-order valence-electron chi connectivity index (χ3n) is 3.30. The minimum atomic E-state index is 0.394. The molecule has 0 bridgehead atoms. The summed E-state index contributed by atoms with van der Waals surface area (Å²) in [6, 6.07) is 4.55. The zero-order valence-corrected chi connectivity index (χ0v) is 13.2. The van der Waals surface area contributed by atoms with E-state index in [-0.39, 0.29) is 0 Å². The molecule has 0 aliphatic carbocycles. The topological polar surface area (TPSA) is 50.3 Å². The lowest BCUT2D eigenvalue weighted by Gasteiger charge is -2.27. The van der Waals surface area contributed by atoms with Crippen molar-refractivity contribution in [3.05, 3.63) is 23.7 Å². The Morgan fingerprint density at radius 1 is 1.29 bits per heavy atom. The molecule has 1 N–H and O–H groups in total. The lowest BCUT2D eigenvalue weighted by molar-refractivity contribution is 0.122. The highest BCUT2D eigenvalue weighted by Crippen LogP contribution is 2.26. The van der Waals surface area contributed by atoms with Gasteiger partial charge in [-0.2, -0.15) is 0 Å². The van der Waals surface area contributed by atoms with E-state index in [0.717, 1.165) is 48.5 Å². The molecule has 0 amide bonds. The van der Waals surface area contributed by atoms with E-state index in [1.54, 1.807) is 11.3 Å². The molecule has 3 heterocycles. The molecule has 5 nitrogen and oxygen atoms in total. The lowest BCUT2D eigenvalue weighted by atomic mass is 10.2. The SMILES string of the molecule is CC(C)Nc1nc(-c2ccc(N3CCOCC3)nc2)cs1. The Balaban J connectivity index is 1.72. The summed E-state index contributed by atoms with van der Waals surface area (Å²) in [5.74, 6) is 1.01. The molecule has 1 fully saturated rings. The van der Waals surface area contributed by atoms with Gasteiger partial charge in [0.05, 0.1) is 18.9 Å². The zero-order valence-electron chi connectivity index (χ0n) is 12.4. The van der Waals surface area contributed by atoms with Gasteiger partial charge < -0.3 is 15.0 Å². The normalized spacial score (nSPS) is 15.5. The summed E-state index contributed by atoms with van der Waals surface area (Å²) in [6.45, 7) is 7.59. The third kappa shape index (κ3) is 3.51. The van der Waals surface area contributed by atoms with E-state index < -0.39 is 0 Å². The molecule has 1 saturated heterocycles. The number of nitrogens with one attached hydrogen (secondary N) is 1. The summed E-state index contributed by atoms with van der Waals surface area (Å²) in [5, 5.41) is 6.34. The van der Waals surface area contributed by atoms with Gasteiger partial charge in [0.25, 0.3) is 0 Å². The van der Waals surface area contributed by atoms with Crippen LogP contribution < -0.4 is 10.2 Å². The first-order chi connectivity index (χ1) is 10.2. The summed E-state index contributed by atoms with van der Waals surface area (Å²) in [5.41, 5.74) is 2.03. The Morgan fingerprint density at radius 3 is 2.76 bits per heavy atom. The van der Waals surface area contributed by atoms with E-state index >= 15 is 0 Å². The number of pyridine rings is 1. The van der Waals surface area contributed by atoms with Crippen molar-refractivity contribution in [2.24, 2.45) is 0 Å². The van der Waals surface area contributed by atoms with Gasteiger partial charge in [-0.1, -0.05) is 0 Å². The van der Waals surface area contributed by atoms with Crippen molar-refractivity contribution in [2.45, 2.75) is 19.9 Å². The van der Waals surface area contributed by atoms with Crippen LogP contribution in [0.25, 0.3) is 11.3 Å². The molecule has 2 aromatic heterocycles. The number of morpholine rings is 1. The first kappa shape index (κ1) is 14.3. The number of hydrogen-bond acceptors (Lipinski definition) is 6. The Labute approximate surface area is 129 Å². The van der Waals surface area contributed by atoms with Crippen molar-refractivity contribution < 1.29 is 4.74 Å². The standard InChI is InChI=1S/C15H20N4OS/c1-11(2)17-15-18-13(10-21-15)12-3-4-14(16-9-12)19-5-7-20-8-6-19/h3-4,9-11H,5-8H2,1-2H3,(H,17,18). The molecule has 21 heavy (non-hydrogen) atoms. The van der Waals surface area contributed by atoms with Gasteiger partial charge in [-0.05, 0) is 26.0 Å². The summed E-state index contributed by atoms with van der Waals surface area (Å²) in [4.78, 5) is 11.4. The Hall–Kier alpha value is -1.66. The molecule has 1 aliphatic heterocycles. The Bertz CT molecular complexity index is 576. The minimum Gasteiger partial charge on any atom is -0.378 e. The lowest BCUT2D eigenvalue weighted by Crippen LogP contribution is -2.36. The summed E-state index contributed by atoms with van der Waals surface area (Å²) in [6.07, 6.45) is 1.90. The molecule has 0 saturated carbocycles. The van der Waals surface area contributed by atoms with Gasteiger partial charge in [0.1, 0.15) is 5.82 Å². The van der Waals surface area contributed by atoms with Crippen LogP contribution >= 0.6 is 11.3 Å². The fourth-order valence-corrected chi connectivity index (χ4v) is 3.10. The van der Waals surface area contributed by atoms with Crippen molar-refractivity contribution in [1.82, 2.24) is 9.97 Å². The fourth-order valence-electron chi connectivity index (χ4n) is 2.24. The second kappa shape index (κ2) is 6.41. The van der Waals surface area contributed by atoms with Gasteiger partial charge in [-0.15, -0.1) is 11.3 Å². The highest BCUT2D eigenvalue weighted by Gasteiger charge is 2.13. The van der Waals surface area contributed by atoms with Gasteiger partial charge in [0.2, 0.25) is 0 Å². The molecular formula is C15H20N4OS. The van der Waals surface area contributed by atoms with Crippen LogP contribution in [0.4, 0.5) is 10.9 Å². The van der Waals surface area contributed by atoms with Crippen molar-refractivity contribution in [3.63, 3.8) is 0 Å². The predicted molar refractivity (Wildman–Crippen MR) is 87.1 cm³/mol. The molecule has 0 spiro atoms. The number of aromatic nitrogens is 2. The van der Waals surface area contributed by atoms with Gasteiger partial charge in [0.15, 0.2) is 5.13 Å². The smallest absolute Gasteiger partial charge is 0.183 e. The van der Waals surface area contributed by atoms with Crippen molar-refractivity contribution in [1.29, 1.82) is 0 Å². The second-order valence-electron chi connectivity index (χ2n) is 5.34. The van der Waals surface area contributed by atoms with Crippen molar-refractivity contribution in [2.75, 3.05) is 36.5 Å². The maximum atomic E-state index is 5.36. The fraction of sp³-hybridized carbons (Fsp3) is 0.467. The maximum Gasteiger partial charge on any atom is 0.183 e. The number of nitrogens with zero attached hydrogens (tertiary/aromatic N) is 3. The van der Waals surface area contributed by atoms with Crippen LogP contribution in [-0.2, 0) is 4.74 Å². The van der Waals surface area contributed by atoms with Crippen LogP contribution in [-0.4, -0.2) is 42.3 Å².